The molecule has 12 heteroatoms. The van der Waals surface area contributed by atoms with Gasteiger partial charge in [0.2, 0.25) is 0 Å². The Bertz CT molecular complexity index is 1420. The number of aryl methyl sites for hydroxylation is 1. The third-order valence-corrected chi connectivity index (χ3v) is 8.89. The van der Waals surface area contributed by atoms with Crippen molar-refractivity contribution in [3.63, 3.8) is 0 Å². The predicted octanol–water partition coefficient (Wildman–Crippen LogP) is 4.79. The largest absolute Gasteiger partial charge is 0.411 e. The Morgan fingerprint density at radius 2 is 1.82 bits per heavy atom. The minimum atomic E-state index is -4.45. The maximum atomic E-state index is 14.2. The molecule has 0 atom stereocenters. The second kappa shape index (κ2) is 8.12. The summed E-state index contributed by atoms with van der Waals surface area (Å²) >= 11 is 6.28. The van der Waals surface area contributed by atoms with Crippen LogP contribution in [-0.4, -0.2) is 62.7 Å². The number of fused-ring (bicyclic) bond motifs is 3. The van der Waals surface area contributed by atoms with E-state index in [0.29, 0.717) is 22.1 Å². The Balaban J connectivity index is 1.16. The Morgan fingerprint density at radius 1 is 1.05 bits per heavy atom. The van der Waals surface area contributed by atoms with Crippen LogP contribution in [0.25, 0.3) is 5.69 Å². The van der Waals surface area contributed by atoms with Crippen LogP contribution in [0, 0.1) is 18.2 Å². The number of halogens is 5. The number of benzene rings is 1. The van der Waals surface area contributed by atoms with Crippen LogP contribution in [-0.2, 0) is 17.8 Å². The molecule has 2 aromatic heterocycles. The lowest BCUT2D eigenvalue weighted by Gasteiger charge is -2.59. The number of hydrogen-bond acceptors (Lipinski definition) is 6. The summed E-state index contributed by atoms with van der Waals surface area (Å²) in [5.74, 6) is 1.86. The van der Waals surface area contributed by atoms with Crippen molar-refractivity contribution < 1.29 is 22.3 Å². The number of aromatic nitrogens is 4. The summed E-state index contributed by atoms with van der Waals surface area (Å²) in [6.45, 7) is 2.59. The highest BCUT2D eigenvalue weighted by atomic mass is 35.5. The van der Waals surface area contributed by atoms with Crippen LogP contribution >= 0.6 is 11.6 Å². The van der Waals surface area contributed by atoms with Crippen LogP contribution in [0.4, 0.5) is 23.4 Å². The van der Waals surface area contributed by atoms with Crippen molar-refractivity contribution in [2.75, 3.05) is 31.2 Å². The van der Waals surface area contributed by atoms with Gasteiger partial charge in [-0.2, -0.15) is 13.2 Å². The molecule has 1 aromatic carbocycles. The highest BCUT2D eigenvalue weighted by molar-refractivity contribution is 6.30. The summed E-state index contributed by atoms with van der Waals surface area (Å²) < 4.78 is 63.3. The fraction of sp³-hybridized carbons (Fsp3) is 0.500. The minimum absolute atomic E-state index is 0.00337. The van der Waals surface area contributed by atoms with E-state index in [-0.39, 0.29) is 30.2 Å². The second-order valence-electron chi connectivity index (χ2n) is 11.2. The Morgan fingerprint density at radius 3 is 2.47 bits per heavy atom. The fourth-order valence-electron chi connectivity index (χ4n) is 6.47. The van der Waals surface area contributed by atoms with Crippen LogP contribution in [0.1, 0.15) is 41.7 Å². The van der Waals surface area contributed by atoms with E-state index in [0.717, 1.165) is 43.3 Å². The van der Waals surface area contributed by atoms with Gasteiger partial charge in [0.15, 0.2) is 11.4 Å². The van der Waals surface area contributed by atoms with Crippen LogP contribution in [0.2, 0.25) is 5.02 Å². The molecule has 3 fully saturated rings. The first-order valence-electron chi connectivity index (χ1n) is 12.6. The smallest absolute Gasteiger partial charge is 0.377 e. The predicted molar refractivity (Wildman–Crippen MR) is 131 cm³/mol. The zero-order valence-corrected chi connectivity index (χ0v) is 21.4. The normalized spacial score (nSPS) is 22.2. The van der Waals surface area contributed by atoms with E-state index in [2.05, 4.69) is 20.1 Å². The Kier molecular flexibility index (Phi) is 5.19. The molecule has 0 N–H and O–H groups in total. The fourth-order valence-corrected chi connectivity index (χ4v) is 6.67. The van der Waals surface area contributed by atoms with Gasteiger partial charge in [-0.15, -0.1) is 10.2 Å². The molecule has 2 saturated heterocycles. The molecule has 7 rings (SSSR count). The van der Waals surface area contributed by atoms with Gasteiger partial charge in [0.1, 0.15) is 17.5 Å². The number of rotatable bonds is 3. The summed E-state index contributed by atoms with van der Waals surface area (Å²) in [6.07, 6.45) is -2.65. The van der Waals surface area contributed by atoms with Gasteiger partial charge < -0.3 is 9.64 Å². The summed E-state index contributed by atoms with van der Waals surface area (Å²) in [6, 6.07) is 8.48. The van der Waals surface area contributed by atoms with Crippen molar-refractivity contribution in [2.24, 2.45) is 5.41 Å². The van der Waals surface area contributed by atoms with Crippen LogP contribution < -0.4 is 4.90 Å². The third-order valence-electron chi connectivity index (χ3n) is 8.65. The summed E-state index contributed by atoms with van der Waals surface area (Å²) in [7, 11) is 0. The third kappa shape index (κ3) is 3.51. The molecule has 200 valence electrons. The quantitative estimate of drug-likeness (QED) is 0.439. The Hall–Kier alpha value is -2.76. The average Bonchev–Trinajstić information content (AvgIpc) is 3.08. The molecule has 4 aliphatic rings. The maximum Gasteiger partial charge on any atom is 0.411 e. The monoisotopic (exact) mass is 548 g/mol. The van der Waals surface area contributed by atoms with Gasteiger partial charge in [-0.25, -0.2) is 9.37 Å². The van der Waals surface area contributed by atoms with Crippen molar-refractivity contribution in [3.05, 3.63) is 64.1 Å². The molecule has 3 aromatic rings. The molecule has 0 bridgehead atoms. The van der Waals surface area contributed by atoms with E-state index in [1.807, 2.05) is 10.6 Å². The molecule has 1 saturated carbocycles. The number of nitrogens with zero attached hydrogens (tertiary/aromatic N) is 6. The zero-order valence-electron chi connectivity index (χ0n) is 20.6. The van der Waals surface area contributed by atoms with E-state index < -0.39 is 24.9 Å². The van der Waals surface area contributed by atoms with E-state index in [4.69, 9.17) is 16.3 Å². The molecule has 1 aliphatic carbocycles. The zero-order chi connectivity index (χ0) is 26.4. The van der Waals surface area contributed by atoms with Gasteiger partial charge in [-0.1, -0.05) is 11.6 Å². The SMILES string of the molecule is Cc1nc(N2CC3(CC(c4nnc5n4-c4ccc(Cl)cc4CN(C4(C(F)(F)F)COC4)C5)C3)C2)ccc1F. The van der Waals surface area contributed by atoms with Gasteiger partial charge in [0.05, 0.1) is 31.1 Å². The Labute approximate surface area is 221 Å². The van der Waals surface area contributed by atoms with Crippen molar-refractivity contribution in [3.8, 4) is 5.69 Å². The maximum absolute atomic E-state index is 14.2. The molecule has 0 unspecified atom stereocenters. The first-order chi connectivity index (χ1) is 18.1. The van der Waals surface area contributed by atoms with Gasteiger partial charge in [-0.3, -0.25) is 9.47 Å². The second-order valence-corrected chi connectivity index (χ2v) is 11.6. The van der Waals surface area contributed by atoms with E-state index in [9.17, 15) is 17.6 Å². The summed E-state index contributed by atoms with van der Waals surface area (Å²) in [4.78, 5) is 7.93. The van der Waals surface area contributed by atoms with Gasteiger partial charge in [-0.05, 0) is 55.7 Å². The standard InChI is InChI=1S/C26H25ClF4N6O/c1-15-19(28)3-5-21(32-15)35-11-24(12-35)7-17(8-24)23-34-33-22-10-36(25(13-38-14-25)26(29,30)31)9-16-6-18(27)2-4-20(16)37(22)23/h2-6,17H,7-14H2,1H3. The molecule has 5 heterocycles. The molecular formula is C26H25ClF4N6O. The van der Waals surface area contributed by atoms with Gasteiger partial charge in [0.25, 0.3) is 0 Å². The molecule has 1 spiro atoms. The highest BCUT2D eigenvalue weighted by Gasteiger charge is 2.64. The summed E-state index contributed by atoms with van der Waals surface area (Å²) in [5.41, 5.74) is -0.0726. The summed E-state index contributed by atoms with van der Waals surface area (Å²) in [5, 5.41) is 9.36. The minimum Gasteiger partial charge on any atom is -0.377 e. The van der Waals surface area contributed by atoms with Crippen LogP contribution in [0.5, 0.6) is 0 Å². The number of pyridine rings is 1. The number of hydrogen-bond donors (Lipinski definition) is 0. The van der Waals surface area contributed by atoms with Crippen molar-refractivity contribution in [2.45, 2.75) is 50.5 Å². The van der Waals surface area contributed by atoms with Crippen molar-refractivity contribution in [1.29, 1.82) is 0 Å². The molecule has 7 nitrogen and oxygen atoms in total. The molecule has 3 aliphatic heterocycles. The molecular weight excluding hydrogens is 524 g/mol. The molecule has 0 radical (unpaired) electrons. The first kappa shape index (κ1) is 24.3. The van der Waals surface area contributed by atoms with Gasteiger partial charge in [0, 0.05) is 36.0 Å². The lowest BCUT2D eigenvalue weighted by molar-refractivity contribution is -0.310. The van der Waals surface area contributed by atoms with E-state index in [1.165, 1.54) is 11.0 Å². The molecule has 0 amide bonds. The number of ether oxygens (including phenoxy) is 1. The lowest BCUT2D eigenvalue weighted by atomic mass is 9.57. The van der Waals surface area contributed by atoms with Crippen molar-refractivity contribution in [1.82, 2.24) is 24.6 Å². The number of anilines is 1. The van der Waals surface area contributed by atoms with Crippen molar-refractivity contribution >= 4 is 17.4 Å². The van der Waals surface area contributed by atoms with E-state index >= 15 is 0 Å². The lowest BCUT2D eigenvalue weighted by Crippen LogP contribution is -2.69. The van der Waals surface area contributed by atoms with Crippen LogP contribution in [0.3, 0.4) is 0 Å². The average molecular weight is 549 g/mol. The van der Waals surface area contributed by atoms with Gasteiger partial charge >= 0.3 is 6.18 Å². The topological polar surface area (TPSA) is 59.3 Å². The first-order valence-corrected chi connectivity index (χ1v) is 13.0. The number of alkyl halides is 3. The molecule has 38 heavy (non-hydrogen) atoms. The van der Waals surface area contributed by atoms with E-state index in [1.54, 1.807) is 25.1 Å². The van der Waals surface area contributed by atoms with Crippen LogP contribution in [0.15, 0.2) is 30.3 Å². The highest BCUT2D eigenvalue weighted by Crippen LogP contribution is 2.57.